The minimum absolute atomic E-state index is 0.0358. The third-order valence-electron chi connectivity index (χ3n) is 3.47. The SMILES string of the molecule is COc1ccccc1N(C)C(CN)c1cc(Br)ccc1Cl. The van der Waals surface area contributed by atoms with Gasteiger partial charge in [0.15, 0.2) is 0 Å². The molecule has 1 unspecified atom stereocenters. The van der Waals surface area contributed by atoms with Crippen molar-refractivity contribution in [3.63, 3.8) is 0 Å². The molecule has 0 aliphatic rings. The molecule has 2 rings (SSSR count). The fraction of sp³-hybridized carbons (Fsp3) is 0.250. The topological polar surface area (TPSA) is 38.5 Å². The zero-order valence-electron chi connectivity index (χ0n) is 12.0. The molecule has 0 fully saturated rings. The van der Waals surface area contributed by atoms with E-state index in [0.717, 1.165) is 21.5 Å². The van der Waals surface area contributed by atoms with Crippen LogP contribution in [-0.2, 0) is 0 Å². The Bertz CT molecular complexity index is 621. The number of methoxy groups -OCH3 is 1. The monoisotopic (exact) mass is 368 g/mol. The lowest BCUT2D eigenvalue weighted by Crippen LogP contribution is -2.31. The van der Waals surface area contributed by atoms with E-state index in [0.29, 0.717) is 11.6 Å². The molecule has 0 radical (unpaired) electrons. The van der Waals surface area contributed by atoms with Gasteiger partial charge in [-0.15, -0.1) is 0 Å². The summed E-state index contributed by atoms with van der Waals surface area (Å²) in [6, 6.07) is 13.6. The maximum Gasteiger partial charge on any atom is 0.142 e. The van der Waals surface area contributed by atoms with Crippen LogP contribution in [0.15, 0.2) is 46.9 Å². The van der Waals surface area contributed by atoms with Gasteiger partial charge >= 0.3 is 0 Å². The Kier molecular flexibility index (Phi) is 5.51. The number of nitrogens with zero attached hydrogens (tertiary/aromatic N) is 1. The molecular weight excluding hydrogens is 352 g/mol. The molecule has 0 bridgehead atoms. The molecule has 1 atom stereocenters. The first kappa shape index (κ1) is 16.1. The van der Waals surface area contributed by atoms with Gasteiger partial charge in [-0.05, 0) is 35.9 Å². The third-order valence-corrected chi connectivity index (χ3v) is 4.31. The van der Waals surface area contributed by atoms with E-state index in [1.54, 1.807) is 7.11 Å². The predicted molar refractivity (Wildman–Crippen MR) is 92.3 cm³/mol. The molecule has 0 aromatic heterocycles. The van der Waals surface area contributed by atoms with Crippen LogP contribution in [0.25, 0.3) is 0 Å². The van der Waals surface area contributed by atoms with Gasteiger partial charge in [0.25, 0.3) is 0 Å². The molecule has 2 aromatic rings. The molecule has 2 aromatic carbocycles. The van der Waals surface area contributed by atoms with E-state index >= 15 is 0 Å². The molecule has 5 heteroatoms. The quantitative estimate of drug-likeness (QED) is 0.856. The third kappa shape index (κ3) is 3.51. The lowest BCUT2D eigenvalue weighted by Gasteiger charge is -2.31. The molecule has 0 saturated carbocycles. The largest absolute Gasteiger partial charge is 0.495 e. The van der Waals surface area contributed by atoms with Crippen LogP contribution in [0.2, 0.25) is 5.02 Å². The van der Waals surface area contributed by atoms with E-state index in [1.165, 1.54) is 0 Å². The van der Waals surface area contributed by atoms with Crippen LogP contribution in [0, 0.1) is 0 Å². The maximum absolute atomic E-state index is 6.34. The first-order valence-electron chi connectivity index (χ1n) is 6.59. The normalized spacial score (nSPS) is 12.0. The Morgan fingerprint density at radius 3 is 2.67 bits per heavy atom. The summed E-state index contributed by atoms with van der Waals surface area (Å²) in [6.45, 7) is 0.449. The average molecular weight is 370 g/mol. The van der Waals surface area contributed by atoms with Crippen molar-refractivity contribution in [2.75, 3.05) is 25.6 Å². The van der Waals surface area contributed by atoms with Gasteiger partial charge in [0.1, 0.15) is 5.75 Å². The average Bonchev–Trinajstić information content (AvgIpc) is 2.51. The van der Waals surface area contributed by atoms with Crippen molar-refractivity contribution in [2.24, 2.45) is 5.73 Å². The highest BCUT2D eigenvalue weighted by molar-refractivity contribution is 9.10. The van der Waals surface area contributed by atoms with Gasteiger partial charge in [-0.2, -0.15) is 0 Å². The Hall–Kier alpha value is -1.23. The number of anilines is 1. The standard InChI is InChI=1S/C16H18BrClN2O/c1-20(14-5-3-4-6-16(14)21-2)15(10-19)12-9-11(17)7-8-13(12)18/h3-9,15H,10,19H2,1-2H3. The highest BCUT2D eigenvalue weighted by atomic mass is 79.9. The van der Waals surface area contributed by atoms with Gasteiger partial charge in [-0.25, -0.2) is 0 Å². The molecule has 0 aliphatic carbocycles. The fourth-order valence-corrected chi connectivity index (χ4v) is 2.98. The summed E-state index contributed by atoms with van der Waals surface area (Å²) in [5, 5.41) is 0.704. The van der Waals surface area contributed by atoms with Gasteiger partial charge in [-0.1, -0.05) is 39.7 Å². The lowest BCUT2D eigenvalue weighted by atomic mass is 10.0. The first-order valence-corrected chi connectivity index (χ1v) is 7.76. The predicted octanol–water partition coefficient (Wildman–Crippen LogP) is 4.25. The zero-order valence-corrected chi connectivity index (χ0v) is 14.4. The molecule has 0 spiro atoms. The first-order chi connectivity index (χ1) is 10.1. The van der Waals surface area contributed by atoms with Crippen LogP contribution in [0.3, 0.4) is 0 Å². The summed E-state index contributed by atoms with van der Waals surface area (Å²) in [4.78, 5) is 2.09. The summed E-state index contributed by atoms with van der Waals surface area (Å²) in [7, 11) is 3.66. The van der Waals surface area contributed by atoms with E-state index < -0.39 is 0 Å². The summed E-state index contributed by atoms with van der Waals surface area (Å²) in [6.07, 6.45) is 0. The fourth-order valence-electron chi connectivity index (χ4n) is 2.35. The highest BCUT2D eigenvalue weighted by Gasteiger charge is 2.21. The molecular formula is C16H18BrClN2O. The van der Waals surface area contributed by atoms with Crippen molar-refractivity contribution in [1.82, 2.24) is 0 Å². The van der Waals surface area contributed by atoms with E-state index in [4.69, 9.17) is 22.1 Å². The van der Waals surface area contributed by atoms with Gasteiger partial charge < -0.3 is 15.4 Å². The summed E-state index contributed by atoms with van der Waals surface area (Å²) in [5.41, 5.74) is 7.96. The number of ether oxygens (including phenoxy) is 1. The number of likely N-dealkylation sites (N-methyl/N-ethyl adjacent to an activating group) is 1. The van der Waals surface area contributed by atoms with Gasteiger partial charge in [-0.3, -0.25) is 0 Å². The molecule has 0 heterocycles. The lowest BCUT2D eigenvalue weighted by molar-refractivity contribution is 0.413. The van der Waals surface area contributed by atoms with E-state index in [9.17, 15) is 0 Å². The number of rotatable bonds is 5. The number of nitrogens with two attached hydrogens (primary N) is 1. The maximum atomic E-state index is 6.34. The number of hydrogen-bond acceptors (Lipinski definition) is 3. The van der Waals surface area contributed by atoms with E-state index in [2.05, 4.69) is 20.8 Å². The summed E-state index contributed by atoms with van der Waals surface area (Å²) < 4.78 is 6.41. The molecule has 2 N–H and O–H groups in total. The van der Waals surface area contributed by atoms with E-state index in [-0.39, 0.29) is 6.04 Å². The van der Waals surface area contributed by atoms with Crippen molar-refractivity contribution >= 4 is 33.2 Å². The van der Waals surface area contributed by atoms with Crippen molar-refractivity contribution in [2.45, 2.75) is 6.04 Å². The molecule has 112 valence electrons. The van der Waals surface area contributed by atoms with Crippen molar-refractivity contribution in [1.29, 1.82) is 0 Å². The van der Waals surface area contributed by atoms with Crippen LogP contribution in [-0.4, -0.2) is 20.7 Å². The summed E-state index contributed by atoms with van der Waals surface area (Å²) >= 11 is 9.83. The van der Waals surface area contributed by atoms with E-state index in [1.807, 2.05) is 49.5 Å². The number of halogens is 2. The Labute approximate surface area is 138 Å². The van der Waals surface area contributed by atoms with Gasteiger partial charge in [0.05, 0.1) is 18.8 Å². The second kappa shape index (κ2) is 7.16. The molecule has 0 saturated heterocycles. The van der Waals surface area contributed by atoms with Crippen LogP contribution in [0.5, 0.6) is 5.75 Å². The molecule has 21 heavy (non-hydrogen) atoms. The second-order valence-corrected chi connectivity index (χ2v) is 6.02. The summed E-state index contributed by atoms with van der Waals surface area (Å²) in [5.74, 6) is 0.810. The van der Waals surface area contributed by atoms with Crippen LogP contribution in [0.1, 0.15) is 11.6 Å². The van der Waals surface area contributed by atoms with Crippen LogP contribution in [0.4, 0.5) is 5.69 Å². The minimum atomic E-state index is -0.0358. The van der Waals surface area contributed by atoms with Gasteiger partial charge in [0.2, 0.25) is 0 Å². The smallest absolute Gasteiger partial charge is 0.142 e. The van der Waals surface area contributed by atoms with Gasteiger partial charge in [0, 0.05) is 23.1 Å². The number of benzene rings is 2. The van der Waals surface area contributed by atoms with Crippen molar-refractivity contribution in [3.05, 3.63) is 57.5 Å². The van der Waals surface area contributed by atoms with Crippen LogP contribution >= 0.6 is 27.5 Å². The molecule has 0 amide bonds. The minimum Gasteiger partial charge on any atom is -0.495 e. The molecule has 0 aliphatic heterocycles. The number of hydrogen-bond donors (Lipinski definition) is 1. The molecule has 3 nitrogen and oxygen atoms in total. The van der Waals surface area contributed by atoms with Crippen molar-refractivity contribution < 1.29 is 4.74 Å². The highest BCUT2D eigenvalue weighted by Crippen LogP contribution is 2.35. The Morgan fingerprint density at radius 1 is 1.29 bits per heavy atom. The Balaban J connectivity index is 2.43. The van der Waals surface area contributed by atoms with Crippen molar-refractivity contribution in [3.8, 4) is 5.75 Å². The number of para-hydroxylation sites is 2. The zero-order chi connectivity index (χ0) is 15.4. The second-order valence-electron chi connectivity index (χ2n) is 4.70. The Morgan fingerprint density at radius 2 is 2.00 bits per heavy atom. The van der Waals surface area contributed by atoms with Crippen LogP contribution < -0.4 is 15.4 Å².